The first kappa shape index (κ1) is 11.7. The van der Waals surface area contributed by atoms with E-state index in [-0.39, 0.29) is 0 Å². The first-order valence-electron chi connectivity index (χ1n) is 5.61. The van der Waals surface area contributed by atoms with Crippen molar-refractivity contribution in [3.63, 3.8) is 0 Å². The summed E-state index contributed by atoms with van der Waals surface area (Å²) in [4.78, 5) is 8.72. The first-order chi connectivity index (χ1) is 8.00. The van der Waals surface area contributed by atoms with Gasteiger partial charge in [0.05, 0.1) is 11.4 Å². The highest BCUT2D eigenvalue weighted by molar-refractivity contribution is 5.27. The van der Waals surface area contributed by atoms with Crippen molar-refractivity contribution in [2.75, 3.05) is 0 Å². The molecule has 0 atom stereocenters. The molecule has 0 bridgehead atoms. The van der Waals surface area contributed by atoms with Gasteiger partial charge < -0.3 is 5.11 Å². The van der Waals surface area contributed by atoms with Crippen molar-refractivity contribution in [3.8, 4) is 0 Å². The quantitative estimate of drug-likeness (QED) is 0.858. The standard InChI is InChI=1S/C14H16N2O/c1-10-6-4-8-12(15-10)14(3,17)13-9-5-7-11(2)16-13/h4-9,17H,1-3H3. The highest BCUT2D eigenvalue weighted by Gasteiger charge is 2.28. The summed E-state index contributed by atoms with van der Waals surface area (Å²) in [6.45, 7) is 5.53. The predicted octanol–water partition coefficient (Wildman–Crippen LogP) is 2.35. The molecule has 3 heteroatoms. The van der Waals surface area contributed by atoms with E-state index < -0.39 is 5.60 Å². The molecule has 2 aromatic heterocycles. The molecule has 0 aliphatic heterocycles. The molecule has 0 amide bonds. The van der Waals surface area contributed by atoms with E-state index in [1.54, 1.807) is 6.92 Å². The van der Waals surface area contributed by atoms with Crippen LogP contribution in [0.4, 0.5) is 0 Å². The predicted molar refractivity (Wildman–Crippen MR) is 66.6 cm³/mol. The monoisotopic (exact) mass is 228 g/mol. The Labute approximate surface area is 101 Å². The van der Waals surface area contributed by atoms with Gasteiger partial charge in [0.15, 0.2) is 0 Å². The molecule has 17 heavy (non-hydrogen) atoms. The van der Waals surface area contributed by atoms with Gasteiger partial charge in [0, 0.05) is 11.4 Å². The minimum absolute atomic E-state index is 0.621. The number of aryl methyl sites for hydroxylation is 2. The molecule has 0 saturated heterocycles. The van der Waals surface area contributed by atoms with E-state index in [2.05, 4.69) is 9.97 Å². The van der Waals surface area contributed by atoms with E-state index >= 15 is 0 Å². The molecule has 0 saturated carbocycles. The van der Waals surface area contributed by atoms with Crippen LogP contribution in [0, 0.1) is 13.8 Å². The van der Waals surface area contributed by atoms with Crippen LogP contribution in [0.2, 0.25) is 0 Å². The average molecular weight is 228 g/mol. The zero-order valence-corrected chi connectivity index (χ0v) is 10.3. The van der Waals surface area contributed by atoms with Crippen LogP contribution in [-0.4, -0.2) is 15.1 Å². The summed E-state index contributed by atoms with van der Waals surface area (Å²) < 4.78 is 0. The lowest BCUT2D eigenvalue weighted by molar-refractivity contribution is 0.0923. The Morgan fingerprint density at radius 2 is 1.29 bits per heavy atom. The second kappa shape index (κ2) is 4.26. The molecule has 0 radical (unpaired) electrons. The molecular formula is C14H16N2O. The smallest absolute Gasteiger partial charge is 0.145 e. The van der Waals surface area contributed by atoms with Gasteiger partial charge in [0.2, 0.25) is 0 Å². The van der Waals surface area contributed by atoms with Gasteiger partial charge in [-0.15, -0.1) is 0 Å². The van der Waals surface area contributed by atoms with Gasteiger partial charge in [-0.3, -0.25) is 9.97 Å². The van der Waals surface area contributed by atoms with Crippen LogP contribution < -0.4 is 0 Å². The molecule has 2 rings (SSSR count). The number of hydrogen-bond acceptors (Lipinski definition) is 3. The van der Waals surface area contributed by atoms with E-state index in [9.17, 15) is 5.11 Å². The third kappa shape index (κ3) is 2.34. The molecule has 0 aliphatic carbocycles. The molecule has 0 unspecified atom stereocenters. The van der Waals surface area contributed by atoms with Crippen LogP contribution in [0.25, 0.3) is 0 Å². The van der Waals surface area contributed by atoms with Gasteiger partial charge in [0.25, 0.3) is 0 Å². The fourth-order valence-electron chi connectivity index (χ4n) is 1.76. The molecule has 88 valence electrons. The highest BCUT2D eigenvalue weighted by Crippen LogP contribution is 2.26. The molecule has 2 heterocycles. The van der Waals surface area contributed by atoms with E-state index in [1.165, 1.54) is 0 Å². The van der Waals surface area contributed by atoms with Crippen molar-refractivity contribution >= 4 is 0 Å². The number of nitrogens with zero attached hydrogens (tertiary/aromatic N) is 2. The van der Waals surface area contributed by atoms with Gasteiger partial charge in [0.1, 0.15) is 5.60 Å². The van der Waals surface area contributed by atoms with Crippen LogP contribution in [0.1, 0.15) is 29.7 Å². The minimum Gasteiger partial charge on any atom is -0.377 e. The van der Waals surface area contributed by atoms with Crippen LogP contribution in [-0.2, 0) is 5.60 Å². The zero-order chi connectivity index (χ0) is 12.5. The Morgan fingerprint density at radius 1 is 0.882 bits per heavy atom. The summed E-state index contributed by atoms with van der Waals surface area (Å²) in [5.41, 5.74) is 1.86. The number of rotatable bonds is 2. The fraction of sp³-hybridized carbons (Fsp3) is 0.286. The molecule has 0 aromatic carbocycles. The SMILES string of the molecule is Cc1cccc(C(C)(O)c2cccc(C)n2)n1. The van der Waals surface area contributed by atoms with E-state index in [1.807, 2.05) is 50.2 Å². The topological polar surface area (TPSA) is 46.0 Å². The summed E-state index contributed by atoms with van der Waals surface area (Å²) >= 11 is 0. The highest BCUT2D eigenvalue weighted by atomic mass is 16.3. The van der Waals surface area contributed by atoms with Crippen molar-refractivity contribution in [2.45, 2.75) is 26.4 Å². The normalized spacial score (nSPS) is 11.5. The van der Waals surface area contributed by atoms with Crippen molar-refractivity contribution in [1.29, 1.82) is 0 Å². The van der Waals surface area contributed by atoms with Crippen molar-refractivity contribution < 1.29 is 5.11 Å². The zero-order valence-electron chi connectivity index (χ0n) is 10.3. The number of pyridine rings is 2. The van der Waals surface area contributed by atoms with Crippen molar-refractivity contribution in [3.05, 3.63) is 59.2 Å². The fourth-order valence-corrected chi connectivity index (χ4v) is 1.76. The number of hydrogen-bond donors (Lipinski definition) is 1. The lowest BCUT2D eigenvalue weighted by atomic mass is 9.96. The molecule has 0 aliphatic rings. The van der Waals surface area contributed by atoms with Gasteiger partial charge >= 0.3 is 0 Å². The van der Waals surface area contributed by atoms with Gasteiger partial charge in [-0.2, -0.15) is 0 Å². The van der Waals surface area contributed by atoms with Crippen LogP contribution in [0.5, 0.6) is 0 Å². The van der Waals surface area contributed by atoms with Gasteiger partial charge in [-0.25, -0.2) is 0 Å². The summed E-state index contributed by atoms with van der Waals surface area (Å²) in [5.74, 6) is 0. The maximum Gasteiger partial charge on any atom is 0.145 e. The lowest BCUT2D eigenvalue weighted by Gasteiger charge is -2.22. The van der Waals surface area contributed by atoms with Crippen LogP contribution >= 0.6 is 0 Å². The maximum atomic E-state index is 10.6. The molecular weight excluding hydrogens is 212 g/mol. The average Bonchev–Trinajstić information content (AvgIpc) is 2.29. The lowest BCUT2D eigenvalue weighted by Crippen LogP contribution is -2.26. The van der Waals surface area contributed by atoms with E-state index in [0.29, 0.717) is 11.4 Å². The number of aromatic nitrogens is 2. The Hall–Kier alpha value is -1.74. The Balaban J connectivity index is 2.49. The Bertz CT molecular complexity index is 488. The first-order valence-corrected chi connectivity index (χ1v) is 5.61. The number of aliphatic hydroxyl groups is 1. The summed E-state index contributed by atoms with van der Waals surface area (Å²) in [6.07, 6.45) is 0. The van der Waals surface area contributed by atoms with Gasteiger partial charge in [-0.1, -0.05) is 12.1 Å². The molecule has 3 nitrogen and oxygen atoms in total. The van der Waals surface area contributed by atoms with E-state index in [0.717, 1.165) is 11.4 Å². The third-order valence-electron chi connectivity index (χ3n) is 2.77. The van der Waals surface area contributed by atoms with Crippen molar-refractivity contribution in [2.24, 2.45) is 0 Å². The van der Waals surface area contributed by atoms with Crippen LogP contribution in [0.3, 0.4) is 0 Å². The van der Waals surface area contributed by atoms with Crippen LogP contribution in [0.15, 0.2) is 36.4 Å². The molecule has 0 fully saturated rings. The largest absolute Gasteiger partial charge is 0.377 e. The Kier molecular flexibility index (Phi) is 2.94. The third-order valence-corrected chi connectivity index (χ3v) is 2.77. The minimum atomic E-state index is -1.15. The Morgan fingerprint density at radius 3 is 1.65 bits per heavy atom. The van der Waals surface area contributed by atoms with Crippen molar-refractivity contribution in [1.82, 2.24) is 9.97 Å². The second-order valence-corrected chi connectivity index (χ2v) is 4.40. The molecule has 2 aromatic rings. The van der Waals surface area contributed by atoms with E-state index in [4.69, 9.17) is 0 Å². The van der Waals surface area contributed by atoms with Gasteiger partial charge in [-0.05, 0) is 45.0 Å². The summed E-state index contributed by atoms with van der Waals surface area (Å²) in [7, 11) is 0. The second-order valence-electron chi connectivity index (χ2n) is 4.40. The molecule has 0 spiro atoms. The maximum absolute atomic E-state index is 10.6. The molecule has 1 N–H and O–H groups in total. The summed E-state index contributed by atoms with van der Waals surface area (Å²) in [6, 6.07) is 11.2. The summed E-state index contributed by atoms with van der Waals surface area (Å²) in [5, 5.41) is 10.6.